The summed E-state index contributed by atoms with van der Waals surface area (Å²) in [7, 11) is -0.926. The molecular weight excluding hydrogens is 150 g/mol. The summed E-state index contributed by atoms with van der Waals surface area (Å²) in [4.78, 5) is 0. The van der Waals surface area contributed by atoms with Gasteiger partial charge in [0.2, 0.25) is 0 Å². The molecular formula is C6H13NO2S. The summed E-state index contributed by atoms with van der Waals surface area (Å²) in [6.45, 7) is 5.51. The molecule has 0 aromatic rings. The van der Waals surface area contributed by atoms with Crippen LogP contribution in [0.15, 0.2) is 5.16 Å². The molecule has 0 heterocycles. The van der Waals surface area contributed by atoms with Gasteiger partial charge in [0.1, 0.15) is 0 Å². The molecule has 0 saturated heterocycles. The van der Waals surface area contributed by atoms with Crippen LogP contribution in [0.25, 0.3) is 0 Å². The van der Waals surface area contributed by atoms with Gasteiger partial charge in [-0.25, -0.2) is 0 Å². The second-order valence-corrected chi connectivity index (χ2v) is 4.69. The van der Waals surface area contributed by atoms with Gasteiger partial charge in [0.25, 0.3) is 0 Å². The summed E-state index contributed by atoms with van der Waals surface area (Å²) >= 11 is 0. The average molecular weight is 163 g/mol. The Morgan fingerprint density at radius 1 is 1.50 bits per heavy atom. The highest BCUT2D eigenvalue weighted by atomic mass is 32.2. The number of oxime groups is 1. The molecule has 4 heteroatoms. The van der Waals surface area contributed by atoms with Crippen LogP contribution in [0.3, 0.4) is 0 Å². The fraction of sp³-hybridized carbons (Fsp3) is 0.833. The van der Waals surface area contributed by atoms with E-state index in [2.05, 4.69) is 5.16 Å². The zero-order valence-corrected chi connectivity index (χ0v) is 7.26. The monoisotopic (exact) mass is 163 g/mol. The van der Waals surface area contributed by atoms with Crippen LogP contribution in [-0.2, 0) is 10.8 Å². The fourth-order valence-corrected chi connectivity index (χ4v) is 1.62. The SMILES string of the molecule is CC(C)S(=O)C(C)C=NO. The van der Waals surface area contributed by atoms with Crippen molar-refractivity contribution in [1.82, 2.24) is 0 Å². The van der Waals surface area contributed by atoms with E-state index in [1.807, 2.05) is 13.8 Å². The van der Waals surface area contributed by atoms with E-state index in [1.165, 1.54) is 6.21 Å². The fourth-order valence-electron chi connectivity index (χ4n) is 0.583. The maximum Gasteiger partial charge on any atom is 0.0707 e. The van der Waals surface area contributed by atoms with Crippen LogP contribution >= 0.6 is 0 Å². The Hall–Kier alpha value is -0.380. The molecule has 0 saturated carbocycles. The minimum Gasteiger partial charge on any atom is -0.411 e. The standard InChI is InChI=1S/C6H13NO2S/c1-5(2)10(9)6(3)4-7-8/h4-6,8H,1-3H3. The van der Waals surface area contributed by atoms with E-state index in [4.69, 9.17) is 5.21 Å². The summed E-state index contributed by atoms with van der Waals surface area (Å²) in [5.74, 6) is 0. The number of rotatable bonds is 3. The van der Waals surface area contributed by atoms with Crippen LogP contribution in [0.4, 0.5) is 0 Å². The summed E-state index contributed by atoms with van der Waals surface area (Å²) in [5, 5.41) is 10.9. The Morgan fingerprint density at radius 3 is 2.30 bits per heavy atom. The first-order valence-electron chi connectivity index (χ1n) is 3.16. The van der Waals surface area contributed by atoms with Crippen molar-refractivity contribution in [1.29, 1.82) is 0 Å². The third kappa shape index (κ3) is 2.96. The number of hydrogen-bond donors (Lipinski definition) is 1. The molecule has 0 bridgehead atoms. The van der Waals surface area contributed by atoms with Crippen LogP contribution in [0.1, 0.15) is 20.8 Å². The van der Waals surface area contributed by atoms with Gasteiger partial charge in [-0.1, -0.05) is 13.8 Å². The van der Waals surface area contributed by atoms with Crippen molar-refractivity contribution in [3.63, 3.8) is 0 Å². The maximum absolute atomic E-state index is 11.1. The van der Waals surface area contributed by atoms with Crippen LogP contribution in [0.2, 0.25) is 0 Å². The van der Waals surface area contributed by atoms with Gasteiger partial charge in [-0.3, -0.25) is 4.21 Å². The number of nitrogens with zero attached hydrogens (tertiary/aromatic N) is 1. The van der Waals surface area contributed by atoms with E-state index in [-0.39, 0.29) is 10.5 Å². The molecule has 1 N–H and O–H groups in total. The molecule has 0 aliphatic carbocycles. The van der Waals surface area contributed by atoms with Crippen molar-refractivity contribution in [2.24, 2.45) is 5.16 Å². The zero-order valence-electron chi connectivity index (χ0n) is 6.44. The first-order valence-corrected chi connectivity index (χ1v) is 4.44. The molecule has 2 atom stereocenters. The smallest absolute Gasteiger partial charge is 0.0707 e. The van der Waals surface area contributed by atoms with Gasteiger partial charge in [0.05, 0.1) is 11.5 Å². The second-order valence-electron chi connectivity index (χ2n) is 2.35. The molecule has 60 valence electrons. The summed E-state index contributed by atoms with van der Waals surface area (Å²) in [5.41, 5.74) is 0. The molecule has 0 radical (unpaired) electrons. The normalized spacial score (nSPS) is 18.0. The van der Waals surface area contributed by atoms with Crippen molar-refractivity contribution in [3.8, 4) is 0 Å². The third-order valence-corrected chi connectivity index (χ3v) is 2.89. The highest BCUT2D eigenvalue weighted by Gasteiger charge is 2.11. The summed E-state index contributed by atoms with van der Waals surface area (Å²) in [6.07, 6.45) is 1.29. The second kappa shape index (κ2) is 4.44. The zero-order chi connectivity index (χ0) is 8.15. The third-order valence-electron chi connectivity index (χ3n) is 1.11. The molecule has 0 aromatic carbocycles. The lowest BCUT2D eigenvalue weighted by atomic mass is 10.5. The average Bonchev–Trinajstić information content (AvgIpc) is 1.87. The van der Waals surface area contributed by atoms with Gasteiger partial charge in [0, 0.05) is 16.0 Å². The quantitative estimate of drug-likeness (QED) is 0.383. The molecule has 0 aliphatic heterocycles. The molecule has 0 aliphatic rings. The van der Waals surface area contributed by atoms with E-state index in [1.54, 1.807) is 6.92 Å². The lowest BCUT2D eigenvalue weighted by Crippen LogP contribution is -2.19. The van der Waals surface area contributed by atoms with Crippen LogP contribution < -0.4 is 0 Å². The highest BCUT2D eigenvalue weighted by molar-refractivity contribution is 7.86. The minimum absolute atomic E-state index is 0.119. The van der Waals surface area contributed by atoms with E-state index < -0.39 is 10.8 Å². The summed E-state index contributed by atoms with van der Waals surface area (Å²) < 4.78 is 11.1. The van der Waals surface area contributed by atoms with Crippen molar-refractivity contribution in [2.75, 3.05) is 0 Å². The Bertz CT molecular complexity index is 145. The highest BCUT2D eigenvalue weighted by Crippen LogP contribution is 2.00. The summed E-state index contributed by atoms with van der Waals surface area (Å²) in [6, 6.07) is 0. The number of hydrogen-bond acceptors (Lipinski definition) is 3. The van der Waals surface area contributed by atoms with Crippen LogP contribution in [-0.4, -0.2) is 26.1 Å². The molecule has 0 aromatic heterocycles. The lowest BCUT2D eigenvalue weighted by Gasteiger charge is -2.07. The predicted octanol–water partition coefficient (Wildman–Crippen LogP) is 0.992. The predicted molar refractivity (Wildman–Crippen MR) is 43.0 cm³/mol. The molecule has 0 rings (SSSR count). The molecule has 10 heavy (non-hydrogen) atoms. The van der Waals surface area contributed by atoms with Gasteiger partial charge in [-0.15, -0.1) is 5.16 Å². The topological polar surface area (TPSA) is 49.7 Å². The van der Waals surface area contributed by atoms with Gasteiger partial charge in [-0.2, -0.15) is 0 Å². The molecule has 2 unspecified atom stereocenters. The maximum atomic E-state index is 11.1. The van der Waals surface area contributed by atoms with Gasteiger partial charge in [-0.05, 0) is 6.92 Å². The van der Waals surface area contributed by atoms with E-state index in [9.17, 15) is 4.21 Å². The van der Waals surface area contributed by atoms with E-state index in [0.29, 0.717) is 0 Å². The van der Waals surface area contributed by atoms with Crippen molar-refractivity contribution in [2.45, 2.75) is 31.3 Å². The Morgan fingerprint density at radius 2 is 2.00 bits per heavy atom. The van der Waals surface area contributed by atoms with Crippen molar-refractivity contribution in [3.05, 3.63) is 0 Å². The van der Waals surface area contributed by atoms with E-state index >= 15 is 0 Å². The van der Waals surface area contributed by atoms with E-state index in [0.717, 1.165) is 0 Å². The molecule has 0 fully saturated rings. The van der Waals surface area contributed by atoms with Crippen molar-refractivity contribution >= 4 is 17.0 Å². The van der Waals surface area contributed by atoms with Gasteiger partial charge < -0.3 is 5.21 Å². The van der Waals surface area contributed by atoms with Gasteiger partial charge >= 0.3 is 0 Å². The molecule has 3 nitrogen and oxygen atoms in total. The first kappa shape index (κ1) is 9.62. The van der Waals surface area contributed by atoms with Crippen LogP contribution in [0.5, 0.6) is 0 Å². The van der Waals surface area contributed by atoms with Gasteiger partial charge in [0.15, 0.2) is 0 Å². The van der Waals surface area contributed by atoms with Crippen molar-refractivity contribution < 1.29 is 9.42 Å². The Balaban J connectivity index is 3.95. The lowest BCUT2D eigenvalue weighted by molar-refractivity contribution is 0.320. The molecule has 0 spiro atoms. The Labute approximate surface area is 63.6 Å². The Kier molecular flexibility index (Phi) is 4.27. The molecule has 0 amide bonds. The first-order chi connectivity index (χ1) is 4.59. The largest absolute Gasteiger partial charge is 0.411 e. The van der Waals surface area contributed by atoms with Crippen LogP contribution in [0, 0.1) is 0 Å². The minimum atomic E-state index is -0.926.